The number of rotatable bonds is 6. The maximum atomic E-state index is 13.9. The molecule has 1 aromatic heterocycles. The van der Waals surface area contributed by atoms with Crippen LogP contribution in [0.5, 0.6) is 0 Å². The molecule has 3 aromatic rings. The summed E-state index contributed by atoms with van der Waals surface area (Å²) in [5.41, 5.74) is 2.62. The van der Waals surface area contributed by atoms with E-state index in [4.69, 9.17) is 5.11 Å². The van der Waals surface area contributed by atoms with Crippen molar-refractivity contribution in [1.82, 2.24) is 4.98 Å². The molecule has 26 heavy (non-hydrogen) atoms. The Labute approximate surface area is 149 Å². The van der Waals surface area contributed by atoms with Gasteiger partial charge in [-0.3, -0.25) is 4.79 Å². The number of hydrogen-bond acceptors (Lipinski definition) is 3. The van der Waals surface area contributed by atoms with Crippen molar-refractivity contribution < 1.29 is 19.1 Å². The van der Waals surface area contributed by atoms with Crippen LogP contribution >= 0.6 is 0 Å². The number of benzene rings is 2. The summed E-state index contributed by atoms with van der Waals surface area (Å²) in [7, 11) is 0. The molecule has 3 rings (SSSR count). The molecule has 0 aliphatic heterocycles. The van der Waals surface area contributed by atoms with Gasteiger partial charge in [0.25, 0.3) is 0 Å². The van der Waals surface area contributed by atoms with Crippen molar-refractivity contribution in [1.29, 1.82) is 0 Å². The zero-order valence-corrected chi connectivity index (χ0v) is 14.0. The van der Waals surface area contributed by atoms with Crippen molar-refractivity contribution >= 4 is 34.4 Å². The molecular weight excluding hydrogens is 335 g/mol. The first-order chi connectivity index (χ1) is 12.5. The van der Waals surface area contributed by atoms with Gasteiger partial charge in [0, 0.05) is 29.3 Å². The number of anilines is 1. The topological polar surface area (TPSA) is 82.2 Å². The monoisotopic (exact) mass is 352 g/mol. The van der Waals surface area contributed by atoms with E-state index in [9.17, 15) is 14.0 Å². The molecule has 0 unspecified atom stereocenters. The summed E-state index contributed by atoms with van der Waals surface area (Å²) in [5, 5.41) is 12.7. The van der Waals surface area contributed by atoms with Gasteiger partial charge >= 0.3 is 5.97 Å². The normalized spacial score (nSPS) is 11.2. The minimum atomic E-state index is -1.04. The Morgan fingerprint density at radius 3 is 2.54 bits per heavy atom. The molecule has 6 heteroatoms. The molecule has 0 saturated carbocycles. The molecule has 3 N–H and O–H groups in total. The zero-order chi connectivity index (χ0) is 18.7. The molecule has 0 bridgehead atoms. The Morgan fingerprint density at radius 1 is 1.19 bits per heavy atom. The average Bonchev–Trinajstić information content (AvgIpc) is 3.03. The zero-order valence-electron chi connectivity index (χ0n) is 14.0. The molecule has 0 saturated heterocycles. The molecular formula is C20H17FN2O3. The second kappa shape index (κ2) is 7.23. The third-order valence-corrected chi connectivity index (χ3v) is 3.98. The van der Waals surface area contributed by atoms with Gasteiger partial charge in [0.05, 0.1) is 16.8 Å². The summed E-state index contributed by atoms with van der Waals surface area (Å²) < 4.78 is 13.9. The molecule has 0 fully saturated rings. The average molecular weight is 352 g/mol. The first kappa shape index (κ1) is 17.4. The number of ketones is 1. The van der Waals surface area contributed by atoms with E-state index in [1.54, 1.807) is 12.3 Å². The minimum absolute atomic E-state index is 0.119. The summed E-state index contributed by atoms with van der Waals surface area (Å²) in [6.07, 6.45) is 4.71. The number of hydrogen-bond donors (Lipinski definition) is 3. The lowest BCUT2D eigenvalue weighted by atomic mass is 10.1. The lowest BCUT2D eigenvalue weighted by Crippen LogP contribution is -1.99. The molecule has 0 amide bonds. The van der Waals surface area contributed by atoms with Gasteiger partial charge in [-0.1, -0.05) is 12.1 Å². The molecule has 0 radical (unpaired) electrons. The summed E-state index contributed by atoms with van der Waals surface area (Å²) in [5.74, 6) is -1.67. The van der Waals surface area contributed by atoms with Crippen molar-refractivity contribution in [2.45, 2.75) is 6.92 Å². The second-order valence-corrected chi connectivity index (χ2v) is 5.73. The molecule has 132 valence electrons. The smallest absolute Gasteiger partial charge is 0.335 e. The summed E-state index contributed by atoms with van der Waals surface area (Å²) in [4.78, 5) is 26.2. The molecule has 2 aromatic carbocycles. The standard InChI is InChI=1S/C20H17FN2O3/c1-2-22-17-10-15(21)9-16-14(11-23-19(16)17)7-8-18(24)12-3-5-13(6-4-12)20(25)26/h3-11,22-23H,2H2,1H3,(H,25,26). The van der Waals surface area contributed by atoms with Gasteiger partial charge in [0.1, 0.15) is 5.82 Å². The fourth-order valence-corrected chi connectivity index (χ4v) is 2.72. The number of aromatic nitrogens is 1. The Morgan fingerprint density at radius 2 is 1.88 bits per heavy atom. The number of fused-ring (bicyclic) bond motifs is 1. The highest BCUT2D eigenvalue weighted by molar-refractivity contribution is 6.08. The van der Waals surface area contributed by atoms with Gasteiger partial charge in [-0.25, -0.2) is 9.18 Å². The summed E-state index contributed by atoms with van der Waals surface area (Å²) in [6, 6.07) is 8.53. The van der Waals surface area contributed by atoms with Gasteiger partial charge in [-0.15, -0.1) is 0 Å². The SMILES string of the molecule is CCNc1cc(F)cc2c(C=CC(=O)c3ccc(C(=O)O)cc3)c[nH]c12. The van der Waals surface area contributed by atoms with Crippen LogP contribution in [0, 0.1) is 5.82 Å². The fourth-order valence-electron chi connectivity index (χ4n) is 2.72. The number of aromatic carboxylic acids is 1. The number of nitrogens with one attached hydrogen (secondary N) is 2. The molecule has 5 nitrogen and oxygen atoms in total. The maximum Gasteiger partial charge on any atom is 0.335 e. The van der Waals surface area contributed by atoms with Crippen molar-refractivity contribution in [2.24, 2.45) is 0 Å². The van der Waals surface area contributed by atoms with E-state index >= 15 is 0 Å². The Hall–Kier alpha value is -3.41. The number of carbonyl (C=O) groups excluding carboxylic acids is 1. The van der Waals surface area contributed by atoms with Gasteiger partial charge in [0.15, 0.2) is 5.78 Å². The van der Waals surface area contributed by atoms with Crippen LogP contribution in [0.15, 0.2) is 48.7 Å². The van der Waals surface area contributed by atoms with Crippen LogP contribution in [-0.4, -0.2) is 28.4 Å². The second-order valence-electron chi connectivity index (χ2n) is 5.73. The quantitative estimate of drug-likeness (QED) is 0.455. The number of H-pyrrole nitrogens is 1. The first-order valence-electron chi connectivity index (χ1n) is 8.10. The minimum Gasteiger partial charge on any atom is -0.478 e. The van der Waals surface area contributed by atoms with E-state index in [1.807, 2.05) is 6.92 Å². The van der Waals surface area contributed by atoms with Crippen molar-refractivity contribution in [3.63, 3.8) is 0 Å². The molecule has 0 atom stereocenters. The van der Waals surface area contributed by atoms with Crippen molar-refractivity contribution in [2.75, 3.05) is 11.9 Å². The Balaban J connectivity index is 1.88. The fraction of sp³-hybridized carbons (Fsp3) is 0.100. The van der Waals surface area contributed by atoms with Crippen LogP contribution in [0.25, 0.3) is 17.0 Å². The summed E-state index contributed by atoms with van der Waals surface area (Å²) >= 11 is 0. The highest BCUT2D eigenvalue weighted by atomic mass is 19.1. The van der Waals surface area contributed by atoms with E-state index in [0.717, 1.165) is 5.52 Å². The molecule has 0 aliphatic rings. The Kier molecular flexibility index (Phi) is 4.84. The lowest BCUT2D eigenvalue weighted by molar-refractivity contribution is 0.0696. The van der Waals surface area contributed by atoms with E-state index in [-0.39, 0.29) is 17.2 Å². The van der Waals surface area contributed by atoms with E-state index in [2.05, 4.69) is 10.3 Å². The van der Waals surface area contributed by atoms with Crippen molar-refractivity contribution in [3.8, 4) is 0 Å². The van der Waals surface area contributed by atoms with Crippen molar-refractivity contribution in [3.05, 3.63) is 71.2 Å². The van der Waals surface area contributed by atoms with E-state index in [1.165, 1.54) is 42.5 Å². The van der Waals surface area contributed by atoms with Crippen LogP contribution in [0.1, 0.15) is 33.2 Å². The van der Waals surface area contributed by atoms with Crippen LogP contribution in [-0.2, 0) is 0 Å². The summed E-state index contributed by atoms with van der Waals surface area (Å²) in [6.45, 7) is 2.59. The van der Waals surface area contributed by atoms with Crippen LogP contribution < -0.4 is 5.32 Å². The highest BCUT2D eigenvalue weighted by Gasteiger charge is 2.09. The molecule has 0 spiro atoms. The lowest BCUT2D eigenvalue weighted by Gasteiger charge is -2.05. The first-order valence-corrected chi connectivity index (χ1v) is 8.10. The maximum absolute atomic E-state index is 13.9. The third kappa shape index (κ3) is 3.49. The third-order valence-electron chi connectivity index (χ3n) is 3.98. The van der Waals surface area contributed by atoms with Gasteiger partial charge < -0.3 is 15.4 Å². The predicted molar refractivity (Wildman–Crippen MR) is 99.2 cm³/mol. The number of carbonyl (C=O) groups is 2. The largest absolute Gasteiger partial charge is 0.478 e. The van der Waals surface area contributed by atoms with E-state index < -0.39 is 5.97 Å². The molecule has 0 aliphatic carbocycles. The van der Waals surface area contributed by atoms with E-state index in [0.29, 0.717) is 28.7 Å². The number of carboxylic acids is 1. The van der Waals surface area contributed by atoms with Crippen LogP contribution in [0.2, 0.25) is 0 Å². The highest BCUT2D eigenvalue weighted by Crippen LogP contribution is 2.28. The predicted octanol–water partition coefficient (Wildman–Crippen LogP) is 4.33. The van der Waals surface area contributed by atoms with Gasteiger partial charge in [-0.05, 0) is 43.3 Å². The number of aromatic amines is 1. The number of halogens is 1. The van der Waals surface area contributed by atoms with Crippen LogP contribution in [0.3, 0.4) is 0 Å². The number of allylic oxidation sites excluding steroid dienone is 1. The molecule has 1 heterocycles. The van der Waals surface area contributed by atoms with Crippen LogP contribution in [0.4, 0.5) is 10.1 Å². The number of carboxylic acid groups (broad SMARTS) is 1. The Bertz CT molecular complexity index is 1000. The van der Waals surface area contributed by atoms with Gasteiger partial charge in [0.2, 0.25) is 0 Å². The van der Waals surface area contributed by atoms with Gasteiger partial charge in [-0.2, -0.15) is 0 Å².